The third kappa shape index (κ3) is 28.3. The minimum Gasteiger partial charge on any atom is -1.00 e. The van der Waals surface area contributed by atoms with Crippen molar-refractivity contribution in [3.8, 4) is 0 Å². The Hall–Kier alpha value is -0.760. The quantitative estimate of drug-likeness (QED) is 0.109. The maximum Gasteiger partial charge on any atom is 0.189 e. The van der Waals surface area contributed by atoms with Gasteiger partial charge >= 0.3 is 0 Å². The first-order valence-corrected chi connectivity index (χ1v) is 6.63. The molecule has 0 aliphatic heterocycles. The molecule has 0 rings (SSSR count). The van der Waals surface area contributed by atoms with Gasteiger partial charge in [-0.3, -0.25) is 10.2 Å². The summed E-state index contributed by atoms with van der Waals surface area (Å²) in [6, 6.07) is 0. The number of hydrogen-bond acceptors (Lipinski definition) is 8. The van der Waals surface area contributed by atoms with Crippen molar-refractivity contribution in [1.82, 2.24) is 0 Å². The number of nitrogens with zero attached hydrogens (tertiary/aromatic N) is 1. The summed E-state index contributed by atoms with van der Waals surface area (Å²) in [6.45, 7) is -0.573. The van der Waals surface area contributed by atoms with Crippen LogP contribution in [0.1, 0.15) is 0 Å². The van der Waals surface area contributed by atoms with E-state index in [2.05, 4.69) is 32.6 Å². The minimum absolute atomic E-state index is 0. The van der Waals surface area contributed by atoms with Gasteiger partial charge in [0.2, 0.25) is 0 Å². The topological polar surface area (TPSA) is 214 Å². The van der Waals surface area contributed by atoms with Gasteiger partial charge in [-0.2, -0.15) is 0 Å². The highest BCUT2D eigenvalue weighted by atomic mass is 35.5. The first-order valence-electron chi connectivity index (χ1n) is 6.63. The van der Waals surface area contributed by atoms with E-state index in [1.54, 1.807) is 0 Å². The van der Waals surface area contributed by atoms with Crippen molar-refractivity contribution in [3.63, 3.8) is 0 Å². The maximum absolute atomic E-state index is 10.5. The molecule has 0 aromatic carbocycles. The van der Waals surface area contributed by atoms with Crippen LogP contribution in [-0.4, -0.2) is 113 Å². The Bertz CT molecular complexity index is 329. The number of aliphatic hydroxyl groups is 6. The number of likely N-dealkylation sites (N-methyl/N-ethyl adjacent to an activating group) is 1. The molecule has 0 fully saturated rings. The fourth-order valence-corrected chi connectivity index (χ4v) is 0.902. The number of rotatable bonds is 7. The van der Waals surface area contributed by atoms with E-state index in [9.17, 15) is 4.79 Å². The van der Waals surface area contributed by atoms with Crippen LogP contribution in [0.3, 0.4) is 0 Å². The molecule has 25 heavy (non-hydrogen) atoms. The van der Waals surface area contributed by atoms with E-state index >= 15 is 0 Å². The molecule has 0 amide bonds. The molecule has 0 spiro atoms. The molecule has 0 bridgehead atoms. The smallest absolute Gasteiger partial charge is 0.189 e. The number of ketones is 1. The molecule has 0 aromatic heterocycles. The summed E-state index contributed by atoms with van der Waals surface area (Å²) < 4.78 is 0.844. The van der Waals surface area contributed by atoms with Crippen molar-refractivity contribution < 1.29 is 52.3 Å². The molecule has 11 N–H and O–H groups in total. The Balaban J connectivity index is -0.0000000882. The Morgan fingerprint density at radius 3 is 1.60 bits per heavy atom. The zero-order valence-electron chi connectivity index (χ0n) is 14.5. The van der Waals surface area contributed by atoms with E-state index in [4.69, 9.17) is 36.0 Å². The molecular formula is C12H32Cl2N4O7. The third-order valence-corrected chi connectivity index (χ3v) is 2.16. The second-order valence-electron chi connectivity index (χ2n) is 5.50. The van der Waals surface area contributed by atoms with Crippen LogP contribution in [0.2, 0.25) is 0 Å². The van der Waals surface area contributed by atoms with Crippen LogP contribution in [-0.2, 0) is 4.79 Å². The van der Waals surface area contributed by atoms with Gasteiger partial charge in [0.05, 0.1) is 34.4 Å². The van der Waals surface area contributed by atoms with Gasteiger partial charge in [-0.05, 0) is 0 Å². The first kappa shape index (κ1) is 35.4. The van der Waals surface area contributed by atoms with Crippen molar-refractivity contribution in [3.05, 3.63) is 0 Å². The van der Waals surface area contributed by atoms with Crippen LogP contribution in [0.15, 0.2) is 0 Å². The first-order chi connectivity index (χ1) is 10.3. The van der Waals surface area contributed by atoms with E-state index in [1.807, 2.05) is 0 Å². The lowest BCUT2D eigenvalue weighted by molar-refractivity contribution is -0.870. The molecule has 3 unspecified atom stereocenters. The molecule has 0 aliphatic rings. The van der Waals surface area contributed by atoms with Gasteiger partial charge in [-0.1, -0.05) is 0 Å². The normalized spacial score (nSPS) is 13.2. The lowest BCUT2D eigenvalue weighted by Crippen LogP contribution is -3.00. The summed E-state index contributed by atoms with van der Waals surface area (Å²) in [5.41, 5.74) is 8.94. The van der Waals surface area contributed by atoms with Crippen LogP contribution >= 0.6 is 12.4 Å². The molecule has 0 heterocycles. The average Bonchev–Trinajstić information content (AvgIpc) is 2.42. The van der Waals surface area contributed by atoms with Crippen LogP contribution in [0.25, 0.3) is 0 Å². The zero-order chi connectivity index (χ0) is 19.2. The Kier molecular flexibility index (Phi) is 27.7. The number of nitrogens with one attached hydrogen (secondary N) is 1. The van der Waals surface area contributed by atoms with Crippen molar-refractivity contribution in [2.24, 2.45) is 11.5 Å². The number of quaternary nitrogens is 1. The van der Waals surface area contributed by atoms with Gasteiger partial charge in [0.1, 0.15) is 31.5 Å². The summed E-state index contributed by atoms with van der Waals surface area (Å²) >= 11 is 0. The van der Waals surface area contributed by atoms with Crippen molar-refractivity contribution >= 4 is 24.1 Å². The molecule has 3 atom stereocenters. The molecule has 0 saturated heterocycles. The van der Waals surface area contributed by atoms with Crippen molar-refractivity contribution in [2.45, 2.75) is 18.3 Å². The second-order valence-corrected chi connectivity index (χ2v) is 5.50. The highest BCUT2D eigenvalue weighted by Gasteiger charge is 2.28. The minimum atomic E-state index is -1.86. The van der Waals surface area contributed by atoms with Crippen molar-refractivity contribution in [1.29, 1.82) is 5.41 Å². The fourth-order valence-electron chi connectivity index (χ4n) is 0.902. The van der Waals surface area contributed by atoms with Crippen LogP contribution < -0.4 is 23.9 Å². The number of carbonyl (C=O) groups is 1. The van der Waals surface area contributed by atoms with E-state index in [0.717, 1.165) is 11.0 Å². The van der Waals surface area contributed by atoms with Crippen LogP contribution in [0, 0.1) is 5.41 Å². The average molecular weight is 415 g/mol. The lowest BCUT2D eigenvalue weighted by Gasteiger charge is -2.21. The van der Waals surface area contributed by atoms with E-state index in [1.165, 1.54) is 0 Å². The number of guanidine groups is 1. The number of nitrogens with two attached hydrogens (primary N) is 2. The van der Waals surface area contributed by atoms with E-state index < -0.39 is 37.3 Å². The predicted octanol–water partition coefficient (Wildman–Crippen LogP) is -7.43. The standard InChI is InChI=1S/C6H12O6.C5H14NO.CH5N3.2ClH/c7-1-3(9)5(11)6(12)4(10)2-8;1-6(2,3)4-5-7;2-1(3)4;;/h3,5-9,11-12H,1-2H2;7H,4-5H2,1-3H3;(H5,2,3,4);2*1H/q;+1;;;/p-1. The van der Waals surface area contributed by atoms with Crippen molar-refractivity contribution in [2.75, 3.05) is 47.5 Å². The summed E-state index contributed by atoms with van der Waals surface area (Å²) in [5.74, 6) is -1.34. The van der Waals surface area contributed by atoms with Gasteiger partial charge in [0.25, 0.3) is 0 Å². The Morgan fingerprint density at radius 1 is 1.08 bits per heavy atom. The number of hydrogen-bond donors (Lipinski definition) is 9. The molecule has 11 nitrogen and oxygen atoms in total. The molecule has 0 aliphatic carbocycles. The number of aliphatic hydroxyl groups excluding tert-OH is 6. The summed E-state index contributed by atoms with van der Waals surface area (Å²) in [6.07, 6.45) is -5.22. The molecule has 0 radical (unpaired) electrons. The molecule has 156 valence electrons. The maximum atomic E-state index is 10.5. The molecule has 0 saturated carbocycles. The monoisotopic (exact) mass is 414 g/mol. The van der Waals surface area contributed by atoms with Gasteiger partial charge in [-0.15, -0.1) is 12.4 Å². The highest BCUT2D eigenvalue weighted by molar-refractivity contribution is 5.85. The number of Topliss-reactive ketones (excluding diaryl/α,β-unsaturated/α-hetero) is 1. The summed E-state index contributed by atoms with van der Waals surface area (Å²) in [4.78, 5) is 10.5. The predicted molar refractivity (Wildman–Crippen MR) is 90.5 cm³/mol. The fraction of sp³-hybridized carbons (Fsp3) is 0.833. The van der Waals surface area contributed by atoms with Crippen LogP contribution in [0.5, 0.6) is 0 Å². The lowest BCUT2D eigenvalue weighted by atomic mass is 10.1. The largest absolute Gasteiger partial charge is 1.00 e. The second kappa shape index (κ2) is 19.6. The highest BCUT2D eigenvalue weighted by Crippen LogP contribution is 2.00. The summed E-state index contributed by atoms with van der Waals surface area (Å²) in [7, 11) is 6.16. The third-order valence-electron chi connectivity index (χ3n) is 2.16. The summed E-state index contributed by atoms with van der Waals surface area (Å²) in [5, 5.41) is 57.5. The Labute approximate surface area is 159 Å². The van der Waals surface area contributed by atoms with Gasteiger partial charge < -0.3 is 59.0 Å². The molecule has 13 heteroatoms. The molecular weight excluding hydrogens is 383 g/mol. The van der Waals surface area contributed by atoms with Gasteiger partial charge in [-0.25, -0.2) is 0 Å². The SMILES string of the molecule is C[N+](C)(C)CCO.Cl.N=C(N)N.O=C(CO)C(O)C(O)C(O)CO.[Cl-]. The van der Waals surface area contributed by atoms with E-state index in [-0.39, 0.29) is 37.4 Å². The Morgan fingerprint density at radius 2 is 1.44 bits per heavy atom. The zero-order valence-corrected chi connectivity index (χ0v) is 16.1. The van der Waals surface area contributed by atoms with Gasteiger partial charge in [0.15, 0.2) is 11.7 Å². The molecule has 0 aromatic rings. The van der Waals surface area contributed by atoms with Crippen LogP contribution in [0.4, 0.5) is 0 Å². The number of carbonyl (C=O) groups excluding carboxylic acids is 1. The number of halogens is 2. The van der Waals surface area contributed by atoms with Gasteiger partial charge in [0, 0.05) is 0 Å². The van der Waals surface area contributed by atoms with E-state index in [0.29, 0.717) is 0 Å².